The molecule has 0 aliphatic heterocycles. The zero-order valence-corrected chi connectivity index (χ0v) is 10.0. The van der Waals surface area contributed by atoms with E-state index >= 15 is 0 Å². The Labute approximate surface area is 100 Å². The maximum atomic E-state index is 11.1. The highest BCUT2D eigenvalue weighted by Gasteiger charge is 2.15. The summed E-state index contributed by atoms with van der Waals surface area (Å²) in [5, 5.41) is 0.712. The summed E-state index contributed by atoms with van der Waals surface area (Å²) < 4.78 is 5.97. The Balaban J connectivity index is 2.70. The zero-order chi connectivity index (χ0) is 11.0. The first-order chi connectivity index (χ1) is 7.13. The van der Waals surface area contributed by atoms with Crippen LogP contribution in [0.4, 0.5) is 0 Å². The quantitative estimate of drug-likeness (QED) is 0.765. The first kappa shape index (κ1) is 10.7. The molecule has 0 fully saturated rings. The summed E-state index contributed by atoms with van der Waals surface area (Å²) in [5.74, 6) is 0.731. The Morgan fingerprint density at radius 1 is 1.47 bits per heavy atom. The molecule has 0 N–H and O–H groups in total. The summed E-state index contributed by atoms with van der Waals surface area (Å²) in [6.07, 6.45) is 0. The van der Waals surface area contributed by atoms with Crippen molar-refractivity contribution in [3.63, 3.8) is 0 Å². The van der Waals surface area contributed by atoms with E-state index in [1.807, 2.05) is 12.1 Å². The molecule has 0 unspecified atom stereocenters. The van der Waals surface area contributed by atoms with Crippen LogP contribution in [0, 0.1) is 0 Å². The second-order valence-electron chi connectivity index (χ2n) is 2.88. The van der Waals surface area contributed by atoms with Gasteiger partial charge in [-0.15, -0.1) is 11.3 Å². The number of ether oxygens (including phenoxy) is 1. The molecule has 2 nitrogen and oxygen atoms in total. The van der Waals surface area contributed by atoms with Crippen molar-refractivity contribution in [2.45, 2.75) is 0 Å². The summed E-state index contributed by atoms with van der Waals surface area (Å²) in [7, 11) is 1.59. The zero-order valence-electron chi connectivity index (χ0n) is 7.71. The SMILES string of the molecule is COc1ccc2c(Cl)c(C(=O)Cl)sc2c1. The normalized spacial score (nSPS) is 10.6. The summed E-state index contributed by atoms with van der Waals surface area (Å²) in [6, 6.07) is 5.44. The number of thiophene rings is 1. The molecule has 0 aliphatic carbocycles. The molecule has 0 spiro atoms. The third-order valence-corrected chi connectivity index (χ3v) is 3.97. The van der Waals surface area contributed by atoms with Crippen LogP contribution < -0.4 is 4.74 Å². The number of rotatable bonds is 2. The van der Waals surface area contributed by atoms with Gasteiger partial charge >= 0.3 is 0 Å². The highest BCUT2D eigenvalue weighted by molar-refractivity contribution is 7.23. The fraction of sp³-hybridized carbons (Fsp3) is 0.100. The first-order valence-electron chi connectivity index (χ1n) is 4.09. The predicted molar refractivity (Wildman–Crippen MR) is 63.6 cm³/mol. The van der Waals surface area contributed by atoms with Crippen LogP contribution in [0.1, 0.15) is 9.67 Å². The topological polar surface area (TPSA) is 26.3 Å². The molecule has 0 radical (unpaired) electrons. The second kappa shape index (κ2) is 4.00. The van der Waals surface area contributed by atoms with E-state index in [1.54, 1.807) is 13.2 Å². The van der Waals surface area contributed by atoms with Crippen molar-refractivity contribution in [1.82, 2.24) is 0 Å². The largest absolute Gasteiger partial charge is 0.497 e. The standard InChI is InChI=1S/C10H6Cl2O2S/c1-14-5-2-3-6-7(4-5)15-9(8(6)11)10(12)13/h2-4H,1H3. The molecule has 0 atom stereocenters. The molecule has 1 aromatic carbocycles. The van der Waals surface area contributed by atoms with E-state index in [-0.39, 0.29) is 0 Å². The maximum absolute atomic E-state index is 11.1. The lowest BCUT2D eigenvalue weighted by atomic mass is 10.2. The first-order valence-corrected chi connectivity index (χ1v) is 5.66. The average molecular weight is 261 g/mol. The number of carbonyl (C=O) groups is 1. The molecular formula is C10H6Cl2O2S. The third kappa shape index (κ3) is 1.83. The number of methoxy groups -OCH3 is 1. The van der Waals surface area contributed by atoms with E-state index in [1.165, 1.54) is 11.3 Å². The number of halogens is 2. The summed E-state index contributed by atoms with van der Waals surface area (Å²) in [5.41, 5.74) is 0. The molecule has 1 heterocycles. The van der Waals surface area contributed by atoms with Crippen molar-refractivity contribution in [2.75, 3.05) is 7.11 Å². The summed E-state index contributed by atoms with van der Waals surface area (Å²) in [6.45, 7) is 0. The van der Waals surface area contributed by atoms with E-state index in [0.29, 0.717) is 9.90 Å². The van der Waals surface area contributed by atoms with Gasteiger partial charge in [-0.1, -0.05) is 11.6 Å². The van der Waals surface area contributed by atoms with Crippen molar-refractivity contribution in [3.05, 3.63) is 28.1 Å². The lowest BCUT2D eigenvalue weighted by molar-refractivity contribution is 0.108. The number of benzene rings is 1. The highest BCUT2D eigenvalue weighted by atomic mass is 35.5. The van der Waals surface area contributed by atoms with Crippen LogP contribution in [0.15, 0.2) is 18.2 Å². The van der Waals surface area contributed by atoms with Crippen LogP contribution in [-0.4, -0.2) is 12.4 Å². The number of carbonyl (C=O) groups excluding carboxylic acids is 1. The number of fused-ring (bicyclic) bond motifs is 1. The molecule has 15 heavy (non-hydrogen) atoms. The van der Waals surface area contributed by atoms with Crippen molar-refractivity contribution in [2.24, 2.45) is 0 Å². The Kier molecular flexibility index (Phi) is 2.87. The molecule has 1 aromatic heterocycles. The van der Waals surface area contributed by atoms with E-state index < -0.39 is 5.24 Å². The lowest BCUT2D eigenvalue weighted by Crippen LogP contribution is -1.81. The van der Waals surface area contributed by atoms with Gasteiger partial charge in [0.1, 0.15) is 10.6 Å². The average Bonchev–Trinajstić information content (AvgIpc) is 2.55. The van der Waals surface area contributed by atoms with Crippen LogP contribution in [0.3, 0.4) is 0 Å². The number of hydrogen-bond acceptors (Lipinski definition) is 3. The Morgan fingerprint density at radius 3 is 2.80 bits per heavy atom. The highest BCUT2D eigenvalue weighted by Crippen LogP contribution is 2.37. The van der Waals surface area contributed by atoms with Gasteiger partial charge in [-0.2, -0.15) is 0 Å². The molecular weight excluding hydrogens is 255 g/mol. The molecule has 0 saturated heterocycles. The fourth-order valence-corrected chi connectivity index (χ4v) is 2.93. The minimum Gasteiger partial charge on any atom is -0.497 e. The van der Waals surface area contributed by atoms with Gasteiger partial charge in [-0.05, 0) is 29.8 Å². The van der Waals surface area contributed by atoms with Gasteiger partial charge < -0.3 is 4.74 Å². The van der Waals surface area contributed by atoms with E-state index in [9.17, 15) is 4.79 Å². The van der Waals surface area contributed by atoms with E-state index in [0.717, 1.165) is 15.8 Å². The molecule has 5 heteroatoms. The molecule has 0 bridgehead atoms. The fourth-order valence-electron chi connectivity index (χ4n) is 1.30. The van der Waals surface area contributed by atoms with Crippen LogP contribution in [-0.2, 0) is 0 Å². The molecule has 2 aromatic rings. The minimum absolute atomic E-state index is 0.376. The number of hydrogen-bond donors (Lipinski definition) is 0. The third-order valence-electron chi connectivity index (χ3n) is 2.02. The van der Waals surface area contributed by atoms with Crippen molar-refractivity contribution < 1.29 is 9.53 Å². The Bertz CT molecular complexity index is 533. The Hall–Kier alpha value is -0.770. The van der Waals surface area contributed by atoms with E-state index in [4.69, 9.17) is 27.9 Å². The summed E-state index contributed by atoms with van der Waals surface area (Å²) >= 11 is 12.7. The van der Waals surface area contributed by atoms with Gasteiger partial charge in [0.15, 0.2) is 0 Å². The lowest BCUT2D eigenvalue weighted by Gasteiger charge is -1.97. The van der Waals surface area contributed by atoms with Crippen molar-refractivity contribution >= 4 is 49.9 Å². The van der Waals surface area contributed by atoms with Gasteiger partial charge in [0.25, 0.3) is 5.24 Å². The smallest absolute Gasteiger partial charge is 0.263 e. The molecule has 0 aliphatic rings. The second-order valence-corrected chi connectivity index (χ2v) is 4.65. The predicted octanol–water partition coefficient (Wildman–Crippen LogP) is 3.94. The van der Waals surface area contributed by atoms with Crippen molar-refractivity contribution in [3.8, 4) is 5.75 Å². The molecule has 0 amide bonds. The van der Waals surface area contributed by atoms with Crippen LogP contribution in [0.25, 0.3) is 10.1 Å². The van der Waals surface area contributed by atoms with Crippen LogP contribution >= 0.6 is 34.5 Å². The molecule has 78 valence electrons. The maximum Gasteiger partial charge on any atom is 0.263 e. The molecule has 2 rings (SSSR count). The van der Waals surface area contributed by atoms with Gasteiger partial charge in [0.05, 0.1) is 12.1 Å². The molecule has 0 saturated carbocycles. The van der Waals surface area contributed by atoms with Gasteiger partial charge in [0, 0.05) is 10.1 Å². The van der Waals surface area contributed by atoms with Gasteiger partial charge in [-0.25, -0.2) is 0 Å². The monoisotopic (exact) mass is 260 g/mol. The minimum atomic E-state index is -0.528. The van der Waals surface area contributed by atoms with Crippen LogP contribution in [0.5, 0.6) is 5.75 Å². The van der Waals surface area contributed by atoms with Gasteiger partial charge in [0.2, 0.25) is 0 Å². The summed E-state index contributed by atoms with van der Waals surface area (Å²) in [4.78, 5) is 11.4. The van der Waals surface area contributed by atoms with E-state index in [2.05, 4.69) is 0 Å². The van der Waals surface area contributed by atoms with Gasteiger partial charge in [-0.3, -0.25) is 4.79 Å². The van der Waals surface area contributed by atoms with Crippen LogP contribution in [0.2, 0.25) is 5.02 Å². The van der Waals surface area contributed by atoms with Crippen molar-refractivity contribution in [1.29, 1.82) is 0 Å². The Morgan fingerprint density at radius 2 is 2.20 bits per heavy atom.